The van der Waals surface area contributed by atoms with Crippen LogP contribution in [0.3, 0.4) is 0 Å². The third kappa shape index (κ3) is 2.29. The van der Waals surface area contributed by atoms with E-state index in [9.17, 15) is 4.79 Å². The van der Waals surface area contributed by atoms with Gasteiger partial charge in [-0.3, -0.25) is 4.79 Å². The summed E-state index contributed by atoms with van der Waals surface area (Å²) in [5, 5.41) is 9.25. The zero-order valence-corrected chi connectivity index (χ0v) is 7.78. The molecule has 1 rings (SSSR count). The van der Waals surface area contributed by atoms with Crippen molar-refractivity contribution in [2.24, 2.45) is 0 Å². The normalized spacial score (nSPS) is 11.3. The van der Waals surface area contributed by atoms with Gasteiger partial charge in [-0.1, -0.05) is 11.8 Å². The lowest BCUT2D eigenvalue weighted by Crippen LogP contribution is -1.93. The van der Waals surface area contributed by atoms with Crippen LogP contribution in [0.2, 0.25) is 0 Å². The fraction of sp³-hybridized carbons (Fsp3) is 0.125. The van der Waals surface area contributed by atoms with Crippen molar-refractivity contribution < 1.29 is 9.90 Å². The second kappa shape index (κ2) is 4.61. The summed E-state index contributed by atoms with van der Waals surface area (Å²) in [5.41, 5.74) is 0.578. The quantitative estimate of drug-likeness (QED) is 0.259. The smallest absolute Gasteiger partial charge is 0.187 e. The number of thioether (sulfide) groups is 1. The number of nitrogens with zero attached hydrogens (tertiary/aromatic N) is 2. The molecule has 68 valence electrons. The summed E-state index contributed by atoms with van der Waals surface area (Å²) in [6, 6.07) is 1.57. The van der Waals surface area contributed by atoms with Crippen molar-refractivity contribution in [3.8, 4) is 0 Å². The first kappa shape index (κ1) is 9.73. The lowest BCUT2D eigenvalue weighted by atomic mass is 10.2. The molecule has 0 saturated carbocycles. The van der Waals surface area contributed by atoms with Crippen molar-refractivity contribution in [2.75, 3.05) is 6.26 Å². The summed E-state index contributed by atoms with van der Waals surface area (Å²) in [5.74, 6) is 0. The SMILES string of the molecule is CSc1nccc(/C(C=O)=C\O)n1. The molecule has 1 N–H and O–H groups in total. The number of carbonyl (C=O) groups excluding carboxylic acids is 1. The van der Waals surface area contributed by atoms with Crippen molar-refractivity contribution in [3.05, 3.63) is 24.2 Å². The lowest BCUT2D eigenvalue weighted by Gasteiger charge is -1.98. The molecule has 0 aromatic carbocycles. The Bertz CT molecular complexity index is 339. The van der Waals surface area contributed by atoms with E-state index in [1.165, 1.54) is 11.8 Å². The summed E-state index contributed by atoms with van der Waals surface area (Å²) in [7, 11) is 0. The molecule has 4 nitrogen and oxygen atoms in total. The molecule has 1 aromatic rings. The monoisotopic (exact) mass is 196 g/mol. The van der Waals surface area contributed by atoms with Crippen LogP contribution in [0.25, 0.3) is 5.57 Å². The first-order valence-corrected chi connectivity index (χ1v) is 4.71. The van der Waals surface area contributed by atoms with E-state index >= 15 is 0 Å². The number of aliphatic hydroxyl groups excluding tert-OH is 1. The molecule has 0 atom stereocenters. The Balaban J connectivity index is 3.07. The number of aldehydes is 1. The van der Waals surface area contributed by atoms with Crippen LogP contribution in [0.4, 0.5) is 0 Å². The van der Waals surface area contributed by atoms with E-state index in [0.717, 1.165) is 6.26 Å². The highest BCUT2D eigenvalue weighted by atomic mass is 32.2. The molecule has 5 heteroatoms. The molecule has 1 aromatic heterocycles. The fourth-order valence-corrected chi connectivity index (χ4v) is 1.11. The Labute approximate surface area is 79.7 Å². The molecule has 0 amide bonds. The minimum Gasteiger partial charge on any atom is -0.515 e. The molecule has 0 unspecified atom stereocenters. The third-order valence-corrected chi connectivity index (χ3v) is 1.94. The average molecular weight is 196 g/mol. The Morgan fingerprint density at radius 3 is 3.00 bits per heavy atom. The Hall–Kier alpha value is -1.36. The number of allylic oxidation sites excluding steroid dienone is 1. The first-order valence-electron chi connectivity index (χ1n) is 3.48. The van der Waals surface area contributed by atoms with Gasteiger partial charge in [-0.05, 0) is 12.3 Å². The molecular formula is C8H8N2O2S. The zero-order chi connectivity index (χ0) is 9.68. The van der Waals surface area contributed by atoms with Gasteiger partial charge in [-0.15, -0.1) is 0 Å². The second-order valence-electron chi connectivity index (χ2n) is 2.13. The van der Waals surface area contributed by atoms with Crippen molar-refractivity contribution in [1.29, 1.82) is 0 Å². The molecule has 0 saturated heterocycles. The molecule has 13 heavy (non-hydrogen) atoms. The van der Waals surface area contributed by atoms with E-state index in [-0.39, 0.29) is 5.57 Å². The van der Waals surface area contributed by atoms with Gasteiger partial charge in [0.15, 0.2) is 11.4 Å². The van der Waals surface area contributed by atoms with Crippen molar-refractivity contribution in [2.45, 2.75) is 5.16 Å². The van der Waals surface area contributed by atoms with E-state index in [0.29, 0.717) is 17.1 Å². The Kier molecular flexibility index (Phi) is 3.45. The maximum atomic E-state index is 10.4. The highest BCUT2D eigenvalue weighted by Crippen LogP contribution is 2.12. The number of aliphatic hydroxyl groups is 1. The van der Waals surface area contributed by atoms with Crippen LogP contribution in [-0.4, -0.2) is 27.6 Å². The molecule has 0 bridgehead atoms. The molecule has 0 aliphatic heterocycles. The minimum atomic E-state index is 0.151. The highest BCUT2D eigenvalue weighted by molar-refractivity contribution is 7.98. The number of hydrogen-bond acceptors (Lipinski definition) is 5. The van der Waals surface area contributed by atoms with Gasteiger partial charge in [-0.2, -0.15) is 0 Å². The standard InChI is InChI=1S/C8H8N2O2S/c1-13-8-9-3-2-7(10-8)6(4-11)5-12/h2-5,11H,1H3/b6-4-. The predicted octanol–water partition coefficient (Wildman–Crippen LogP) is 1.30. The van der Waals surface area contributed by atoms with Crippen LogP contribution in [0, 0.1) is 0 Å². The summed E-state index contributed by atoms with van der Waals surface area (Å²) < 4.78 is 0. The van der Waals surface area contributed by atoms with Crippen molar-refractivity contribution in [1.82, 2.24) is 9.97 Å². The molecule has 0 fully saturated rings. The van der Waals surface area contributed by atoms with Crippen molar-refractivity contribution >= 4 is 23.6 Å². The molecule has 0 radical (unpaired) electrons. The van der Waals surface area contributed by atoms with Crippen molar-refractivity contribution in [3.63, 3.8) is 0 Å². The van der Waals surface area contributed by atoms with E-state index in [2.05, 4.69) is 9.97 Å². The van der Waals surface area contributed by atoms with E-state index in [1.807, 2.05) is 6.26 Å². The Morgan fingerprint density at radius 1 is 1.69 bits per heavy atom. The van der Waals surface area contributed by atoms with E-state index in [1.54, 1.807) is 12.3 Å². The van der Waals surface area contributed by atoms with Gasteiger partial charge in [0.2, 0.25) is 0 Å². The number of carbonyl (C=O) groups is 1. The van der Waals surface area contributed by atoms with Gasteiger partial charge in [-0.25, -0.2) is 9.97 Å². The first-order chi connectivity index (χ1) is 6.31. The summed E-state index contributed by atoms with van der Waals surface area (Å²) in [4.78, 5) is 18.4. The number of hydrogen-bond donors (Lipinski definition) is 1. The van der Waals surface area contributed by atoms with Crippen LogP contribution in [-0.2, 0) is 4.79 Å². The number of aromatic nitrogens is 2. The topological polar surface area (TPSA) is 63.1 Å². The van der Waals surface area contributed by atoms with Gasteiger partial charge >= 0.3 is 0 Å². The van der Waals surface area contributed by atoms with Gasteiger partial charge in [0, 0.05) is 6.20 Å². The molecule has 0 aliphatic carbocycles. The lowest BCUT2D eigenvalue weighted by molar-refractivity contribution is -0.103. The van der Waals surface area contributed by atoms with Crippen LogP contribution in [0.5, 0.6) is 0 Å². The van der Waals surface area contributed by atoms with Gasteiger partial charge in [0.1, 0.15) is 0 Å². The van der Waals surface area contributed by atoms with Crippen LogP contribution >= 0.6 is 11.8 Å². The van der Waals surface area contributed by atoms with Crippen LogP contribution < -0.4 is 0 Å². The fourth-order valence-electron chi connectivity index (χ4n) is 0.757. The van der Waals surface area contributed by atoms with Gasteiger partial charge in [0.05, 0.1) is 17.5 Å². The van der Waals surface area contributed by atoms with Crippen LogP contribution in [0.15, 0.2) is 23.7 Å². The largest absolute Gasteiger partial charge is 0.515 e. The second-order valence-corrected chi connectivity index (χ2v) is 2.90. The highest BCUT2D eigenvalue weighted by Gasteiger charge is 2.03. The summed E-state index contributed by atoms with van der Waals surface area (Å²) in [6.07, 6.45) is 4.66. The zero-order valence-electron chi connectivity index (χ0n) is 6.97. The maximum Gasteiger partial charge on any atom is 0.187 e. The average Bonchev–Trinajstić information content (AvgIpc) is 2.20. The maximum absolute atomic E-state index is 10.4. The molecule has 1 heterocycles. The molecular weight excluding hydrogens is 188 g/mol. The van der Waals surface area contributed by atoms with Gasteiger partial charge in [0.25, 0.3) is 0 Å². The number of rotatable bonds is 3. The summed E-state index contributed by atoms with van der Waals surface area (Å²) in [6.45, 7) is 0. The minimum absolute atomic E-state index is 0.151. The van der Waals surface area contributed by atoms with E-state index in [4.69, 9.17) is 5.11 Å². The Morgan fingerprint density at radius 2 is 2.46 bits per heavy atom. The van der Waals surface area contributed by atoms with E-state index < -0.39 is 0 Å². The van der Waals surface area contributed by atoms with Crippen LogP contribution in [0.1, 0.15) is 5.69 Å². The molecule has 0 spiro atoms. The third-order valence-electron chi connectivity index (χ3n) is 1.38. The summed E-state index contributed by atoms with van der Waals surface area (Å²) >= 11 is 1.37. The predicted molar refractivity (Wildman–Crippen MR) is 50.5 cm³/mol. The van der Waals surface area contributed by atoms with Gasteiger partial charge < -0.3 is 5.11 Å². The molecule has 0 aliphatic rings.